The van der Waals surface area contributed by atoms with Gasteiger partial charge in [0.05, 0.1) is 4.90 Å². The van der Waals surface area contributed by atoms with Crippen LogP contribution in [-0.4, -0.2) is 43.8 Å². The summed E-state index contributed by atoms with van der Waals surface area (Å²) in [7, 11) is -3.45. The molecule has 5 rings (SSSR count). The molecule has 6 nitrogen and oxygen atoms in total. The predicted octanol–water partition coefficient (Wildman–Crippen LogP) is 4.86. The van der Waals surface area contributed by atoms with Crippen molar-refractivity contribution >= 4 is 15.8 Å². The van der Waals surface area contributed by atoms with Gasteiger partial charge in [-0.1, -0.05) is 25.5 Å². The minimum Gasteiger partial charge on any atom is -0.490 e. The maximum Gasteiger partial charge on any atom is 0.225 e. The smallest absolute Gasteiger partial charge is 0.225 e. The fourth-order valence-corrected chi connectivity index (χ4v) is 5.70. The summed E-state index contributed by atoms with van der Waals surface area (Å²) >= 11 is 0. The highest BCUT2D eigenvalue weighted by Gasteiger charge is 2.33. The highest BCUT2D eigenvalue weighted by Crippen LogP contribution is 2.38. The average molecular weight is 496 g/mol. The average Bonchev–Trinajstić information content (AvgIpc) is 3.28. The van der Waals surface area contributed by atoms with Crippen LogP contribution in [0.25, 0.3) is 11.1 Å². The molecule has 0 aliphatic carbocycles. The first-order chi connectivity index (χ1) is 16.8. The summed E-state index contributed by atoms with van der Waals surface area (Å²) in [4.78, 5) is 11.3. The largest absolute Gasteiger partial charge is 0.490 e. The second kappa shape index (κ2) is 9.57. The van der Waals surface area contributed by atoms with Crippen molar-refractivity contribution in [2.24, 2.45) is 5.92 Å². The number of sulfone groups is 1. The number of benzene rings is 2. The lowest BCUT2D eigenvalue weighted by atomic mass is 9.88. The van der Waals surface area contributed by atoms with Crippen molar-refractivity contribution in [3.8, 4) is 16.9 Å². The van der Waals surface area contributed by atoms with Gasteiger partial charge in [0.25, 0.3) is 0 Å². The summed E-state index contributed by atoms with van der Waals surface area (Å²) in [6.07, 6.45) is 9.95. The molecule has 1 aromatic heterocycles. The Labute approximate surface area is 206 Å². The van der Waals surface area contributed by atoms with E-state index in [9.17, 15) is 12.8 Å². The van der Waals surface area contributed by atoms with Crippen LogP contribution in [0, 0.1) is 11.7 Å². The van der Waals surface area contributed by atoms with Crippen LogP contribution >= 0.6 is 0 Å². The van der Waals surface area contributed by atoms with E-state index in [1.165, 1.54) is 17.7 Å². The number of aryl methyl sites for hydroxylation is 1. The first kappa shape index (κ1) is 23.7. The maximum absolute atomic E-state index is 14.7. The lowest BCUT2D eigenvalue weighted by Gasteiger charge is -2.34. The number of hydrogen-bond donors (Lipinski definition) is 0. The van der Waals surface area contributed by atoms with E-state index in [1.807, 2.05) is 30.6 Å². The Hall–Kier alpha value is -3.00. The standard InChI is InChI=1S/C27H30FN3O3S/c1-3-4-18-16-29-27(30-17-18)31-11-9-19(10-12-31)26-14-21-13-20(5-8-25(21)34-26)23-7-6-22(15-24(23)28)35(2,32)33/h5-8,13,15-17,19,26H,3-4,9-12,14H2,1-2H3. The third kappa shape index (κ3) is 5.03. The summed E-state index contributed by atoms with van der Waals surface area (Å²) in [5.74, 6) is 1.55. The zero-order valence-corrected chi connectivity index (χ0v) is 20.9. The van der Waals surface area contributed by atoms with Crippen LogP contribution < -0.4 is 9.64 Å². The lowest BCUT2D eigenvalue weighted by Crippen LogP contribution is -2.40. The highest BCUT2D eigenvalue weighted by atomic mass is 32.2. The molecule has 0 spiro atoms. The van der Waals surface area contributed by atoms with Gasteiger partial charge in [0.15, 0.2) is 9.84 Å². The van der Waals surface area contributed by atoms with E-state index in [1.54, 1.807) is 0 Å². The van der Waals surface area contributed by atoms with Gasteiger partial charge in [-0.15, -0.1) is 0 Å². The minimum absolute atomic E-state index is 0.0167. The number of halogens is 1. The van der Waals surface area contributed by atoms with Gasteiger partial charge in [0.1, 0.15) is 17.7 Å². The van der Waals surface area contributed by atoms with Gasteiger partial charge in [-0.3, -0.25) is 0 Å². The first-order valence-electron chi connectivity index (χ1n) is 12.2. The van der Waals surface area contributed by atoms with Crippen molar-refractivity contribution in [2.45, 2.75) is 50.0 Å². The second-order valence-electron chi connectivity index (χ2n) is 9.56. The van der Waals surface area contributed by atoms with Gasteiger partial charge in [-0.2, -0.15) is 0 Å². The molecule has 2 aliphatic rings. The number of nitrogens with zero attached hydrogens (tertiary/aromatic N) is 3. The number of hydrogen-bond acceptors (Lipinski definition) is 6. The molecule has 35 heavy (non-hydrogen) atoms. The summed E-state index contributed by atoms with van der Waals surface area (Å²) in [5.41, 5.74) is 3.36. The van der Waals surface area contributed by atoms with E-state index >= 15 is 0 Å². The Morgan fingerprint density at radius 2 is 1.83 bits per heavy atom. The van der Waals surface area contributed by atoms with Gasteiger partial charge in [0.2, 0.25) is 5.95 Å². The molecule has 3 aromatic rings. The van der Waals surface area contributed by atoms with Crippen molar-refractivity contribution in [3.63, 3.8) is 0 Å². The summed E-state index contributed by atoms with van der Waals surface area (Å²) < 4.78 is 44.4. The normalized spacial score (nSPS) is 18.4. The number of rotatable bonds is 6. The van der Waals surface area contributed by atoms with Crippen LogP contribution in [0.4, 0.5) is 10.3 Å². The van der Waals surface area contributed by atoms with Crippen molar-refractivity contribution in [1.29, 1.82) is 0 Å². The molecule has 8 heteroatoms. The molecule has 184 valence electrons. The zero-order valence-electron chi connectivity index (χ0n) is 20.1. The van der Waals surface area contributed by atoms with E-state index in [-0.39, 0.29) is 11.0 Å². The molecule has 1 unspecified atom stereocenters. The number of ether oxygens (including phenoxy) is 1. The van der Waals surface area contributed by atoms with Gasteiger partial charge >= 0.3 is 0 Å². The molecule has 0 amide bonds. The third-order valence-electron chi connectivity index (χ3n) is 7.02. The fraction of sp³-hybridized carbons (Fsp3) is 0.407. The van der Waals surface area contributed by atoms with E-state index < -0.39 is 15.7 Å². The predicted molar refractivity (Wildman–Crippen MR) is 134 cm³/mol. The Morgan fingerprint density at radius 1 is 1.09 bits per heavy atom. The fourth-order valence-electron chi connectivity index (χ4n) is 5.07. The number of piperidine rings is 1. The topological polar surface area (TPSA) is 72.4 Å². The lowest BCUT2D eigenvalue weighted by molar-refractivity contribution is 0.138. The van der Waals surface area contributed by atoms with Crippen molar-refractivity contribution in [1.82, 2.24) is 9.97 Å². The van der Waals surface area contributed by atoms with Crippen LogP contribution in [0.3, 0.4) is 0 Å². The molecule has 1 atom stereocenters. The SMILES string of the molecule is CCCc1cnc(N2CCC(C3Cc4cc(-c5ccc(S(C)(=O)=O)cc5F)ccc4O3)CC2)nc1. The van der Waals surface area contributed by atoms with Gasteiger partial charge in [-0.25, -0.2) is 22.8 Å². The van der Waals surface area contributed by atoms with Crippen LogP contribution in [0.5, 0.6) is 5.75 Å². The van der Waals surface area contributed by atoms with Gasteiger partial charge in [-0.05, 0) is 66.1 Å². The monoisotopic (exact) mass is 495 g/mol. The molecule has 3 heterocycles. The molecule has 1 fully saturated rings. The zero-order chi connectivity index (χ0) is 24.6. The van der Waals surface area contributed by atoms with E-state index in [2.05, 4.69) is 21.8 Å². The molecular weight excluding hydrogens is 465 g/mol. The van der Waals surface area contributed by atoms with Crippen molar-refractivity contribution < 1.29 is 17.5 Å². The quantitative estimate of drug-likeness (QED) is 0.486. The molecule has 0 N–H and O–H groups in total. The summed E-state index contributed by atoms with van der Waals surface area (Å²) in [5, 5.41) is 0. The van der Waals surface area contributed by atoms with E-state index in [0.29, 0.717) is 11.5 Å². The Bertz CT molecular complexity index is 1320. The van der Waals surface area contributed by atoms with Crippen LogP contribution in [-0.2, 0) is 22.7 Å². The second-order valence-corrected chi connectivity index (χ2v) is 11.6. The number of aromatic nitrogens is 2. The van der Waals surface area contributed by atoms with Gasteiger partial charge < -0.3 is 9.64 Å². The third-order valence-corrected chi connectivity index (χ3v) is 8.13. The Balaban J connectivity index is 1.23. The van der Waals surface area contributed by atoms with E-state index in [0.717, 1.165) is 80.3 Å². The molecule has 0 bridgehead atoms. The minimum atomic E-state index is -3.45. The van der Waals surface area contributed by atoms with E-state index in [4.69, 9.17) is 4.74 Å². The maximum atomic E-state index is 14.7. The van der Waals surface area contributed by atoms with Crippen molar-refractivity contribution in [2.75, 3.05) is 24.2 Å². The van der Waals surface area contributed by atoms with Crippen LogP contribution in [0.15, 0.2) is 53.7 Å². The van der Waals surface area contributed by atoms with Crippen LogP contribution in [0.1, 0.15) is 37.3 Å². The van der Waals surface area contributed by atoms with Gasteiger partial charge in [0, 0.05) is 43.7 Å². The Morgan fingerprint density at radius 3 is 2.49 bits per heavy atom. The molecule has 0 saturated carbocycles. The summed E-state index contributed by atoms with van der Waals surface area (Å²) in [6, 6.07) is 9.78. The molecular formula is C27H30FN3O3S. The molecule has 0 radical (unpaired) electrons. The number of anilines is 1. The molecule has 1 saturated heterocycles. The number of fused-ring (bicyclic) bond motifs is 1. The molecule has 2 aliphatic heterocycles. The molecule has 2 aromatic carbocycles. The first-order valence-corrected chi connectivity index (χ1v) is 14.1. The van der Waals surface area contributed by atoms with Crippen molar-refractivity contribution in [3.05, 3.63) is 65.7 Å². The summed E-state index contributed by atoms with van der Waals surface area (Å²) in [6.45, 7) is 3.95. The highest BCUT2D eigenvalue weighted by molar-refractivity contribution is 7.90. The Kier molecular flexibility index (Phi) is 6.49. The van der Waals surface area contributed by atoms with Crippen LogP contribution in [0.2, 0.25) is 0 Å².